The van der Waals surface area contributed by atoms with Crippen LogP contribution in [0.25, 0.3) is 22.3 Å². The lowest BCUT2D eigenvalue weighted by molar-refractivity contribution is -0.125. The molecule has 0 atom stereocenters. The number of halogens is 1. The molecule has 1 spiro atoms. The van der Waals surface area contributed by atoms with E-state index in [2.05, 4.69) is 64.9 Å². The van der Waals surface area contributed by atoms with E-state index in [1.54, 1.807) is 17.3 Å². The maximum Gasteiger partial charge on any atom is 0.309 e. The molecule has 1 aliphatic carbocycles. The first-order valence-electron chi connectivity index (χ1n) is 18.7. The molecular formula is C40H44FN9O3. The number of carbonyl (C=O) groups is 2. The Morgan fingerprint density at radius 2 is 1.83 bits per heavy atom. The van der Waals surface area contributed by atoms with Gasteiger partial charge in [0.1, 0.15) is 11.8 Å². The van der Waals surface area contributed by atoms with Crippen molar-refractivity contribution < 1.29 is 18.4 Å². The smallest absolute Gasteiger partial charge is 0.309 e. The van der Waals surface area contributed by atoms with E-state index in [4.69, 9.17) is 14.4 Å². The third-order valence-electron chi connectivity index (χ3n) is 12.0. The summed E-state index contributed by atoms with van der Waals surface area (Å²) in [4.78, 5) is 52.2. The molecule has 7 heterocycles. The van der Waals surface area contributed by atoms with Crippen LogP contribution >= 0.6 is 0 Å². The lowest BCUT2D eigenvalue weighted by atomic mass is 9.73. The fourth-order valence-electron chi connectivity index (χ4n) is 8.98. The largest absolute Gasteiger partial charge is 0.441 e. The molecule has 4 aromatic heterocycles. The first-order valence-corrected chi connectivity index (χ1v) is 18.7. The number of fused-ring (bicyclic) bond motifs is 3. The van der Waals surface area contributed by atoms with Crippen LogP contribution < -0.4 is 10.2 Å². The highest BCUT2D eigenvalue weighted by Gasteiger charge is 2.56. The van der Waals surface area contributed by atoms with Gasteiger partial charge in [-0.2, -0.15) is 0 Å². The topological polar surface area (TPSA) is 126 Å². The second-order valence-corrected chi connectivity index (χ2v) is 16.2. The summed E-state index contributed by atoms with van der Waals surface area (Å²) in [5.74, 6) is -0.0653. The molecule has 0 radical (unpaired) electrons. The number of likely N-dealkylation sites (tertiary alicyclic amines) is 2. The van der Waals surface area contributed by atoms with Crippen molar-refractivity contribution in [1.82, 2.24) is 34.3 Å². The highest BCUT2D eigenvalue weighted by Crippen LogP contribution is 2.52. The molecule has 13 heteroatoms. The van der Waals surface area contributed by atoms with Gasteiger partial charge < -0.3 is 24.1 Å². The van der Waals surface area contributed by atoms with Crippen LogP contribution in [0.3, 0.4) is 0 Å². The van der Waals surface area contributed by atoms with Crippen LogP contribution in [0, 0.1) is 11.2 Å². The van der Waals surface area contributed by atoms with Crippen LogP contribution in [-0.2, 0) is 10.2 Å². The van der Waals surface area contributed by atoms with Gasteiger partial charge in [-0.05, 0) is 81.7 Å². The molecule has 274 valence electrons. The molecule has 53 heavy (non-hydrogen) atoms. The van der Waals surface area contributed by atoms with Crippen molar-refractivity contribution in [3.8, 4) is 11.3 Å². The highest BCUT2D eigenvalue weighted by atomic mass is 19.1. The summed E-state index contributed by atoms with van der Waals surface area (Å²) >= 11 is 0. The number of nitrogens with zero attached hydrogens (tertiary/aromatic N) is 8. The van der Waals surface area contributed by atoms with Crippen molar-refractivity contribution in [2.24, 2.45) is 5.41 Å². The molecule has 1 saturated carbocycles. The Hall–Kier alpha value is -5.17. The maximum absolute atomic E-state index is 14.9. The second-order valence-electron chi connectivity index (χ2n) is 16.2. The van der Waals surface area contributed by atoms with Gasteiger partial charge in [0.25, 0.3) is 5.89 Å². The number of pyridine rings is 2. The number of nitrogens with one attached hydrogen (secondary N) is 1. The van der Waals surface area contributed by atoms with Gasteiger partial charge in [0.05, 0.1) is 41.0 Å². The third-order valence-corrected chi connectivity index (χ3v) is 12.0. The summed E-state index contributed by atoms with van der Waals surface area (Å²) in [6.07, 6.45) is 11.4. The number of anilines is 3. The molecule has 0 unspecified atom stereocenters. The molecule has 3 fully saturated rings. The molecule has 1 N–H and O–H groups in total. The van der Waals surface area contributed by atoms with Crippen LogP contribution in [0.15, 0.2) is 65.9 Å². The van der Waals surface area contributed by atoms with Crippen LogP contribution in [-0.4, -0.2) is 84.4 Å². The predicted octanol–water partition coefficient (Wildman–Crippen LogP) is 6.73. The van der Waals surface area contributed by atoms with Gasteiger partial charge in [0.15, 0.2) is 11.6 Å². The number of hydrogen-bond donors (Lipinski definition) is 1. The first-order chi connectivity index (χ1) is 25.5. The average Bonchev–Trinajstić information content (AvgIpc) is 3.93. The molecule has 0 bridgehead atoms. The number of hydrogen-bond acceptors (Lipinski definition) is 9. The van der Waals surface area contributed by atoms with E-state index in [-0.39, 0.29) is 35.5 Å². The van der Waals surface area contributed by atoms with Crippen molar-refractivity contribution in [3.05, 3.63) is 78.8 Å². The van der Waals surface area contributed by atoms with Crippen LogP contribution in [0.4, 0.5) is 21.6 Å². The van der Waals surface area contributed by atoms with Crippen molar-refractivity contribution in [2.45, 2.75) is 83.3 Å². The van der Waals surface area contributed by atoms with Gasteiger partial charge >= 0.3 is 5.91 Å². The zero-order valence-electron chi connectivity index (χ0n) is 30.5. The molecule has 2 saturated heterocycles. The second kappa shape index (κ2) is 12.5. The van der Waals surface area contributed by atoms with Crippen LogP contribution in [0.1, 0.15) is 82.1 Å². The van der Waals surface area contributed by atoms with E-state index in [1.807, 2.05) is 16.7 Å². The standard InChI is InChI=1S/C40H44FN9O3/c1-24(2)49-23-44-32-20-31(46-35(34(32)49)45-30-7-11-42-21-29(30)41)25-5-6-28-33(17-25)50(27-18-26(19-27)48-13-8-39(3,4)22-48)38(52)40(28)9-14-47(15-10-40)37(51)36-43-12-16-53-36/h5-7,11-12,16-17,20-21,23-24,26-27H,8-10,13-15,18-19,22H2,1-4H3,(H,42,45,46). The molecule has 1 aromatic carbocycles. The van der Waals surface area contributed by atoms with Gasteiger partial charge in [-0.15, -0.1) is 0 Å². The quantitative estimate of drug-likeness (QED) is 0.195. The molecular weight excluding hydrogens is 673 g/mol. The summed E-state index contributed by atoms with van der Waals surface area (Å²) in [7, 11) is 0. The number of aromatic nitrogens is 5. The number of rotatable bonds is 7. The molecule has 3 aliphatic heterocycles. The van der Waals surface area contributed by atoms with E-state index in [0.29, 0.717) is 48.9 Å². The molecule has 5 aromatic rings. The van der Waals surface area contributed by atoms with Crippen LogP contribution in [0.2, 0.25) is 0 Å². The van der Waals surface area contributed by atoms with Crippen molar-refractivity contribution in [3.63, 3.8) is 0 Å². The lowest BCUT2D eigenvalue weighted by Crippen LogP contribution is -2.57. The lowest BCUT2D eigenvalue weighted by Gasteiger charge is -2.46. The molecule has 2 amide bonds. The maximum atomic E-state index is 14.9. The van der Waals surface area contributed by atoms with Crippen molar-refractivity contribution in [1.29, 1.82) is 0 Å². The van der Waals surface area contributed by atoms with E-state index in [0.717, 1.165) is 53.8 Å². The Balaban J connectivity index is 1.09. The number of piperidine rings is 1. The Morgan fingerprint density at radius 3 is 2.53 bits per heavy atom. The average molecular weight is 718 g/mol. The number of oxazole rings is 1. The summed E-state index contributed by atoms with van der Waals surface area (Å²) in [6.45, 7) is 11.8. The van der Waals surface area contributed by atoms with Crippen LogP contribution in [0.5, 0.6) is 0 Å². The van der Waals surface area contributed by atoms with E-state index in [1.165, 1.54) is 31.3 Å². The van der Waals surface area contributed by atoms with Gasteiger partial charge in [0.2, 0.25) is 5.91 Å². The summed E-state index contributed by atoms with van der Waals surface area (Å²) < 4.78 is 22.2. The zero-order chi connectivity index (χ0) is 36.6. The van der Waals surface area contributed by atoms with E-state index in [9.17, 15) is 14.0 Å². The fourth-order valence-corrected chi connectivity index (χ4v) is 8.98. The third kappa shape index (κ3) is 5.58. The minimum atomic E-state index is -0.735. The number of carbonyl (C=O) groups excluding carboxylic acids is 2. The number of imidazole rings is 1. The molecule has 12 nitrogen and oxygen atoms in total. The fraction of sp³-hybridized carbons (Fsp3) is 0.450. The minimum absolute atomic E-state index is 0.0687. The number of benzene rings is 1. The number of amides is 2. The van der Waals surface area contributed by atoms with Crippen molar-refractivity contribution in [2.75, 3.05) is 36.4 Å². The Labute approximate surface area is 307 Å². The van der Waals surface area contributed by atoms with Gasteiger partial charge in [-0.1, -0.05) is 26.0 Å². The predicted molar refractivity (Wildman–Crippen MR) is 198 cm³/mol. The normalized spacial score (nSPS) is 22.2. The minimum Gasteiger partial charge on any atom is -0.441 e. The van der Waals surface area contributed by atoms with E-state index < -0.39 is 11.2 Å². The Morgan fingerprint density at radius 1 is 1.02 bits per heavy atom. The Kier molecular flexibility index (Phi) is 7.91. The highest BCUT2D eigenvalue weighted by molar-refractivity contribution is 6.09. The van der Waals surface area contributed by atoms with E-state index >= 15 is 0 Å². The SMILES string of the molecule is CC(C)n1cnc2cc(-c3ccc4c(c3)N(C3CC(N5CCC(C)(C)C5)C3)C(=O)C43CCN(C(=O)c4ncco4)CC3)nc(Nc3ccncc3F)c21. The zero-order valence-corrected chi connectivity index (χ0v) is 30.5. The van der Waals surface area contributed by atoms with Gasteiger partial charge in [0, 0.05) is 55.2 Å². The summed E-state index contributed by atoms with van der Waals surface area (Å²) in [6, 6.07) is 10.4. The summed E-state index contributed by atoms with van der Waals surface area (Å²) in [5.41, 5.74) is 4.76. The van der Waals surface area contributed by atoms with Gasteiger partial charge in [-0.3, -0.25) is 19.5 Å². The Bertz CT molecular complexity index is 2220. The monoisotopic (exact) mass is 717 g/mol. The molecule has 9 rings (SSSR count). The first kappa shape index (κ1) is 33.7. The molecule has 4 aliphatic rings. The van der Waals surface area contributed by atoms with Crippen molar-refractivity contribution >= 4 is 40.0 Å². The summed E-state index contributed by atoms with van der Waals surface area (Å²) in [5, 5.41) is 3.22. The van der Waals surface area contributed by atoms with Gasteiger partial charge in [-0.25, -0.2) is 19.3 Å².